The maximum atomic E-state index is 12.2. The summed E-state index contributed by atoms with van der Waals surface area (Å²) < 4.78 is 22.1. The molecule has 2 aromatic rings. The van der Waals surface area contributed by atoms with Crippen LogP contribution in [-0.4, -0.2) is 38.6 Å². The maximum Gasteiger partial charge on any atom is 0.363 e. The molecule has 29 heavy (non-hydrogen) atoms. The molecule has 2 N–H and O–H groups in total. The van der Waals surface area contributed by atoms with Gasteiger partial charge < -0.3 is 24.7 Å². The molecule has 1 amide bonds. The highest BCUT2D eigenvalue weighted by atomic mass is 79.9. The van der Waals surface area contributed by atoms with Crippen LogP contribution in [0, 0.1) is 0 Å². The number of methoxy groups -OCH3 is 2. The molecule has 0 spiro atoms. The average molecular weight is 461 g/mol. The first-order valence-electron chi connectivity index (χ1n) is 8.37. The van der Waals surface area contributed by atoms with Crippen molar-refractivity contribution in [2.24, 2.45) is 10.7 Å². The minimum absolute atomic E-state index is 0.120. The Morgan fingerprint density at radius 1 is 1.21 bits per heavy atom. The van der Waals surface area contributed by atoms with Gasteiger partial charge in [-0.2, -0.15) is 0 Å². The lowest BCUT2D eigenvalue weighted by atomic mass is 10.1. The van der Waals surface area contributed by atoms with Crippen LogP contribution in [0.4, 0.5) is 0 Å². The number of carbonyl (C=O) groups is 2. The summed E-state index contributed by atoms with van der Waals surface area (Å²) in [6.07, 6.45) is 1.54. The van der Waals surface area contributed by atoms with E-state index in [1.807, 2.05) is 12.1 Å². The van der Waals surface area contributed by atoms with E-state index in [4.69, 9.17) is 24.7 Å². The molecule has 1 aliphatic heterocycles. The van der Waals surface area contributed by atoms with E-state index in [0.717, 1.165) is 4.47 Å². The Morgan fingerprint density at radius 3 is 2.48 bits per heavy atom. The second kappa shape index (κ2) is 8.78. The summed E-state index contributed by atoms with van der Waals surface area (Å²) in [5.74, 6) is -0.165. The minimum Gasteiger partial charge on any atom is -0.493 e. The van der Waals surface area contributed by atoms with Gasteiger partial charge >= 0.3 is 5.97 Å². The zero-order valence-electron chi connectivity index (χ0n) is 15.6. The second-order valence-electron chi connectivity index (χ2n) is 5.86. The van der Waals surface area contributed by atoms with Gasteiger partial charge in [-0.3, -0.25) is 4.79 Å². The van der Waals surface area contributed by atoms with Crippen LogP contribution < -0.4 is 19.9 Å². The van der Waals surface area contributed by atoms with E-state index >= 15 is 0 Å². The third-order valence-corrected chi connectivity index (χ3v) is 4.33. The second-order valence-corrected chi connectivity index (χ2v) is 6.77. The van der Waals surface area contributed by atoms with Crippen LogP contribution in [0.3, 0.4) is 0 Å². The molecule has 0 atom stereocenters. The zero-order valence-corrected chi connectivity index (χ0v) is 17.2. The number of aliphatic imine (C=N–C) groups is 1. The van der Waals surface area contributed by atoms with E-state index in [2.05, 4.69) is 20.9 Å². The number of amides is 1. The van der Waals surface area contributed by atoms with Crippen LogP contribution in [-0.2, 0) is 14.3 Å². The largest absolute Gasteiger partial charge is 0.493 e. The van der Waals surface area contributed by atoms with Crippen molar-refractivity contribution in [2.75, 3.05) is 20.8 Å². The van der Waals surface area contributed by atoms with E-state index in [9.17, 15) is 9.59 Å². The van der Waals surface area contributed by atoms with Crippen molar-refractivity contribution in [3.8, 4) is 17.2 Å². The molecular formula is C20H17BrN2O6. The highest BCUT2D eigenvalue weighted by molar-refractivity contribution is 9.10. The monoisotopic (exact) mass is 460 g/mol. The molecule has 9 heteroatoms. The van der Waals surface area contributed by atoms with E-state index < -0.39 is 11.9 Å². The third-order valence-electron chi connectivity index (χ3n) is 3.84. The van der Waals surface area contributed by atoms with Crippen LogP contribution in [0.1, 0.15) is 11.1 Å². The summed E-state index contributed by atoms with van der Waals surface area (Å²) >= 11 is 3.37. The Labute approximate surface area is 175 Å². The van der Waals surface area contributed by atoms with Crippen molar-refractivity contribution < 1.29 is 28.5 Å². The average Bonchev–Trinajstić information content (AvgIpc) is 3.06. The molecule has 8 nitrogen and oxygen atoms in total. The number of rotatable bonds is 7. The number of benzene rings is 2. The van der Waals surface area contributed by atoms with Crippen molar-refractivity contribution in [1.82, 2.24) is 0 Å². The lowest BCUT2D eigenvalue weighted by Gasteiger charge is -2.14. The predicted octanol–water partition coefficient (Wildman–Crippen LogP) is 2.67. The van der Waals surface area contributed by atoms with Crippen molar-refractivity contribution in [2.45, 2.75) is 0 Å². The molecule has 3 rings (SSSR count). The minimum atomic E-state index is -0.636. The molecule has 0 radical (unpaired) electrons. The summed E-state index contributed by atoms with van der Waals surface area (Å²) in [7, 11) is 2.88. The predicted molar refractivity (Wildman–Crippen MR) is 109 cm³/mol. The Kier molecular flexibility index (Phi) is 6.18. The number of primary amides is 1. The van der Waals surface area contributed by atoms with E-state index in [1.165, 1.54) is 20.3 Å². The first kappa shape index (κ1) is 20.4. The fraction of sp³-hybridized carbons (Fsp3) is 0.150. The molecule has 0 unspecified atom stereocenters. The quantitative estimate of drug-likeness (QED) is 0.502. The summed E-state index contributed by atoms with van der Waals surface area (Å²) in [5.41, 5.74) is 6.48. The highest BCUT2D eigenvalue weighted by Gasteiger charge is 2.25. The number of esters is 1. The number of nitrogens with zero attached hydrogens (tertiary/aromatic N) is 1. The summed E-state index contributed by atoms with van der Waals surface area (Å²) in [6, 6.07) is 10.5. The fourth-order valence-corrected chi connectivity index (χ4v) is 2.98. The molecule has 0 bridgehead atoms. The Balaban J connectivity index is 1.96. The van der Waals surface area contributed by atoms with Crippen molar-refractivity contribution in [3.63, 3.8) is 0 Å². The molecule has 1 aliphatic rings. The van der Waals surface area contributed by atoms with Crippen LogP contribution in [0.5, 0.6) is 17.2 Å². The SMILES string of the molecule is COc1cc(/C=C2/N=C(c3cccc(Br)c3)OC2=O)cc(OC)c1OCC(N)=O. The fourth-order valence-electron chi connectivity index (χ4n) is 2.58. The molecule has 1 heterocycles. The van der Waals surface area contributed by atoms with Gasteiger partial charge in [-0.25, -0.2) is 9.79 Å². The van der Waals surface area contributed by atoms with Gasteiger partial charge in [0, 0.05) is 10.0 Å². The van der Waals surface area contributed by atoms with Crippen molar-refractivity contribution in [3.05, 3.63) is 57.7 Å². The number of halogens is 1. The van der Waals surface area contributed by atoms with E-state index in [0.29, 0.717) is 22.6 Å². The van der Waals surface area contributed by atoms with Crippen LogP contribution >= 0.6 is 15.9 Å². The van der Waals surface area contributed by atoms with Gasteiger partial charge in [-0.05, 0) is 42.0 Å². The molecule has 0 fully saturated rings. The molecule has 0 saturated carbocycles. The zero-order chi connectivity index (χ0) is 21.0. The molecular weight excluding hydrogens is 444 g/mol. The number of nitrogens with two attached hydrogens (primary N) is 1. The van der Waals surface area contributed by atoms with Gasteiger partial charge in [0.1, 0.15) is 0 Å². The van der Waals surface area contributed by atoms with Gasteiger partial charge in [0.25, 0.3) is 5.91 Å². The van der Waals surface area contributed by atoms with E-state index in [1.54, 1.807) is 24.3 Å². The van der Waals surface area contributed by atoms with Gasteiger partial charge in [0.15, 0.2) is 23.8 Å². The van der Waals surface area contributed by atoms with Crippen LogP contribution in [0.2, 0.25) is 0 Å². The van der Waals surface area contributed by atoms with Gasteiger partial charge in [0.05, 0.1) is 14.2 Å². The Hall–Kier alpha value is -3.33. The first-order valence-corrected chi connectivity index (χ1v) is 9.16. The smallest absolute Gasteiger partial charge is 0.363 e. The molecule has 150 valence electrons. The first-order chi connectivity index (χ1) is 13.9. The number of ether oxygens (including phenoxy) is 4. The van der Waals surface area contributed by atoms with Crippen LogP contribution in [0.25, 0.3) is 6.08 Å². The van der Waals surface area contributed by atoms with Crippen molar-refractivity contribution >= 4 is 39.8 Å². The molecule has 0 aliphatic carbocycles. The molecule has 0 aromatic heterocycles. The highest BCUT2D eigenvalue weighted by Crippen LogP contribution is 2.39. The Morgan fingerprint density at radius 2 is 1.90 bits per heavy atom. The number of cyclic esters (lactones) is 1. The normalized spacial score (nSPS) is 14.4. The summed E-state index contributed by atoms with van der Waals surface area (Å²) in [4.78, 5) is 27.5. The summed E-state index contributed by atoms with van der Waals surface area (Å²) in [6.45, 7) is -0.334. The van der Waals surface area contributed by atoms with Gasteiger partial charge in [-0.1, -0.05) is 22.0 Å². The van der Waals surface area contributed by atoms with Gasteiger partial charge in [-0.15, -0.1) is 0 Å². The molecule has 2 aromatic carbocycles. The Bertz CT molecular complexity index is 1010. The van der Waals surface area contributed by atoms with Crippen molar-refractivity contribution in [1.29, 1.82) is 0 Å². The molecule has 0 saturated heterocycles. The lowest BCUT2D eigenvalue weighted by molar-refractivity contribution is -0.130. The number of hydrogen-bond acceptors (Lipinski definition) is 7. The standard InChI is InChI=1S/C20H17BrN2O6/c1-26-15-7-11(8-16(27-2)18(15)28-10-17(22)24)6-14-20(25)29-19(23-14)12-4-3-5-13(21)9-12/h3-9H,10H2,1-2H3,(H2,22,24)/b14-6+. The third kappa shape index (κ3) is 4.75. The summed E-state index contributed by atoms with van der Waals surface area (Å²) in [5, 5.41) is 0. The lowest BCUT2D eigenvalue weighted by Crippen LogP contribution is -2.20. The number of carbonyl (C=O) groups excluding carboxylic acids is 2. The van der Waals surface area contributed by atoms with Crippen LogP contribution in [0.15, 0.2) is 51.6 Å². The number of hydrogen-bond donors (Lipinski definition) is 1. The topological polar surface area (TPSA) is 109 Å². The van der Waals surface area contributed by atoms with E-state index in [-0.39, 0.29) is 24.0 Å². The van der Waals surface area contributed by atoms with Gasteiger partial charge in [0.2, 0.25) is 11.6 Å². The maximum absolute atomic E-state index is 12.2.